The van der Waals surface area contributed by atoms with Crippen molar-refractivity contribution >= 4 is 40.1 Å². The van der Waals surface area contributed by atoms with Crippen LogP contribution in [0.1, 0.15) is 29.7 Å². The van der Waals surface area contributed by atoms with E-state index in [1.807, 2.05) is 48.5 Å². The molecule has 1 atom stereocenters. The molecule has 6 rings (SSSR count). The van der Waals surface area contributed by atoms with E-state index in [4.69, 9.17) is 9.73 Å². The van der Waals surface area contributed by atoms with Gasteiger partial charge in [0, 0.05) is 19.7 Å². The van der Waals surface area contributed by atoms with Crippen LogP contribution >= 0.6 is 11.3 Å². The first-order valence-corrected chi connectivity index (χ1v) is 13.8. The van der Waals surface area contributed by atoms with Crippen molar-refractivity contribution in [3.05, 3.63) is 131 Å². The number of carbonyl (C=O) groups excluding carboxylic acids is 1. The highest BCUT2D eigenvalue weighted by molar-refractivity contribution is 7.07. The third kappa shape index (κ3) is 4.46. The molecule has 5 aromatic rings. The third-order valence-electron chi connectivity index (χ3n) is 7.15. The van der Waals surface area contributed by atoms with E-state index in [1.165, 1.54) is 28.0 Å². The molecule has 0 spiro atoms. The summed E-state index contributed by atoms with van der Waals surface area (Å²) >= 11 is 1.20. The Bertz CT molecular complexity index is 2100. The number of nitrogens with zero attached hydrogens (tertiary/aromatic N) is 4. The minimum absolute atomic E-state index is 0.134. The van der Waals surface area contributed by atoms with E-state index in [-0.39, 0.29) is 23.4 Å². The van der Waals surface area contributed by atoms with Crippen LogP contribution in [-0.2, 0) is 23.6 Å². The van der Waals surface area contributed by atoms with Gasteiger partial charge in [0.2, 0.25) is 0 Å². The van der Waals surface area contributed by atoms with Gasteiger partial charge < -0.3 is 4.74 Å². The summed E-state index contributed by atoms with van der Waals surface area (Å²) in [6.45, 7) is 1.84. The molecule has 3 heterocycles. The summed E-state index contributed by atoms with van der Waals surface area (Å²) in [6.07, 6.45) is 1.75. The summed E-state index contributed by atoms with van der Waals surface area (Å²) in [4.78, 5) is 45.1. The zero-order valence-corrected chi connectivity index (χ0v) is 23.3. The molecule has 2 aromatic heterocycles. The van der Waals surface area contributed by atoms with Crippen LogP contribution in [-0.4, -0.2) is 26.3 Å². The van der Waals surface area contributed by atoms with Crippen molar-refractivity contribution in [2.24, 2.45) is 19.1 Å². The highest BCUT2D eigenvalue weighted by atomic mass is 32.1. The van der Waals surface area contributed by atoms with Gasteiger partial charge >= 0.3 is 11.7 Å². The maximum Gasteiger partial charge on any atom is 0.338 e. The summed E-state index contributed by atoms with van der Waals surface area (Å²) in [7, 11) is 3.41. The second-order valence-corrected chi connectivity index (χ2v) is 10.6. The molecule has 10 heteroatoms. The molecule has 0 fully saturated rings. The number of carbonyl (C=O) groups is 1. The van der Waals surface area contributed by atoms with Crippen molar-refractivity contribution in [3.8, 4) is 0 Å². The number of aryl methyl sites for hydroxylation is 2. The monoisotopic (exact) mass is 568 g/mol. The second-order valence-electron chi connectivity index (χ2n) is 9.63. The first-order valence-electron chi connectivity index (χ1n) is 13.0. The fraction of sp³-hybridized carbons (Fsp3) is 0.161. The quantitative estimate of drug-likeness (QED) is 0.305. The number of esters is 1. The molecule has 1 aliphatic rings. The van der Waals surface area contributed by atoms with Gasteiger partial charge in [0.05, 0.1) is 39.5 Å². The van der Waals surface area contributed by atoms with Gasteiger partial charge in [0.1, 0.15) is 5.82 Å². The van der Waals surface area contributed by atoms with Gasteiger partial charge in [-0.3, -0.25) is 18.5 Å². The van der Waals surface area contributed by atoms with Crippen molar-refractivity contribution in [2.75, 3.05) is 6.61 Å². The lowest BCUT2D eigenvalue weighted by Crippen LogP contribution is -2.40. The third-order valence-corrected chi connectivity index (χ3v) is 8.14. The molecular weight excluding hydrogens is 543 g/mol. The maximum absolute atomic E-state index is 14.0. The van der Waals surface area contributed by atoms with Crippen LogP contribution in [0.5, 0.6) is 0 Å². The van der Waals surface area contributed by atoms with Gasteiger partial charge in [-0.2, -0.15) is 0 Å². The van der Waals surface area contributed by atoms with Crippen molar-refractivity contribution in [3.63, 3.8) is 0 Å². The van der Waals surface area contributed by atoms with Crippen LogP contribution in [0.25, 0.3) is 22.8 Å². The number of thiazole rings is 1. The van der Waals surface area contributed by atoms with Crippen LogP contribution in [0.2, 0.25) is 0 Å². The molecule has 0 unspecified atom stereocenters. The fourth-order valence-corrected chi connectivity index (χ4v) is 6.17. The summed E-state index contributed by atoms with van der Waals surface area (Å²) in [5.41, 5.74) is 3.58. The van der Waals surface area contributed by atoms with Crippen molar-refractivity contribution in [2.45, 2.75) is 13.0 Å². The fourth-order valence-electron chi connectivity index (χ4n) is 5.17. The van der Waals surface area contributed by atoms with Gasteiger partial charge in [0.25, 0.3) is 5.56 Å². The Morgan fingerprint density at radius 1 is 1.00 bits per heavy atom. The van der Waals surface area contributed by atoms with Gasteiger partial charge in [-0.25, -0.2) is 19.0 Å². The Hall–Kier alpha value is -4.83. The summed E-state index contributed by atoms with van der Waals surface area (Å²) in [6, 6.07) is 19.6. The predicted molar refractivity (Wildman–Crippen MR) is 156 cm³/mol. The van der Waals surface area contributed by atoms with Crippen LogP contribution in [0.3, 0.4) is 0 Å². The Balaban J connectivity index is 1.63. The number of aromatic nitrogens is 3. The molecular formula is C31H25FN4O4S. The van der Waals surface area contributed by atoms with Crippen LogP contribution in [0.15, 0.2) is 93.0 Å². The molecule has 0 radical (unpaired) electrons. The number of fused-ring (bicyclic) bond motifs is 2. The zero-order chi connectivity index (χ0) is 28.8. The average Bonchev–Trinajstić information content (AvgIpc) is 3.40. The van der Waals surface area contributed by atoms with E-state index < -0.39 is 17.8 Å². The first-order chi connectivity index (χ1) is 19.8. The number of rotatable bonds is 5. The van der Waals surface area contributed by atoms with E-state index >= 15 is 0 Å². The number of ether oxygens (including phenoxy) is 1. The molecule has 0 saturated heterocycles. The summed E-state index contributed by atoms with van der Waals surface area (Å²) in [5.74, 6) is -1.04. The topological polar surface area (TPSA) is 87.6 Å². The smallest absolute Gasteiger partial charge is 0.338 e. The number of halogens is 1. The van der Waals surface area contributed by atoms with Crippen molar-refractivity contribution in [1.29, 1.82) is 0 Å². The Kier molecular flexibility index (Phi) is 6.63. The molecule has 0 bridgehead atoms. The van der Waals surface area contributed by atoms with E-state index in [2.05, 4.69) is 0 Å². The molecule has 0 aliphatic carbocycles. The summed E-state index contributed by atoms with van der Waals surface area (Å²) < 4.78 is 24.4. The molecule has 206 valence electrons. The van der Waals surface area contributed by atoms with Crippen LogP contribution in [0.4, 0.5) is 4.39 Å². The van der Waals surface area contributed by atoms with Gasteiger partial charge in [0.15, 0.2) is 4.80 Å². The Labute approximate surface area is 237 Å². The number of benzene rings is 3. The number of hydrogen-bond acceptors (Lipinski definition) is 6. The molecule has 3 aromatic carbocycles. The van der Waals surface area contributed by atoms with Crippen LogP contribution in [0, 0.1) is 5.82 Å². The van der Waals surface area contributed by atoms with E-state index in [9.17, 15) is 18.8 Å². The molecule has 41 heavy (non-hydrogen) atoms. The van der Waals surface area contributed by atoms with Gasteiger partial charge in [-0.1, -0.05) is 59.9 Å². The normalized spacial score (nSPS) is 15.2. The molecule has 0 saturated carbocycles. The first kappa shape index (κ1) is 26.4. The van der Waals surface area contributed by atoms with Crippen LogP contribution < -0.4 is 20.6 Å². The molecule has 0 N–H and O–H groups in total. The predicted octanol–water partition coefficient (Wildman–Crippen LogP) is 3.27. The van der Waals surface area contributed by atoms with Crippen molar-refractivity contribution < 1.29 is 13.9 Å². The SMILES string of the molecule is CCOC(=O)C1=C(c2ccccc2)N=c2s/c(=C/c3ccc4c(c3)n(C)c(=O)n4C)c(=O)n2[C@@H]1c1ccc(F)cc1. The highest BCUT2D eigenvalue weighted by Gasteiger charge is 2.35. The molecule has 0 amide bonds. The van der Waals surface area contributed by atoms with E-state index in [0.29, 0.717) is 26.2 Å². The molecule has 8 nitrogen and oxygen atoms in total. The lowest BCUT2D eigenvalue weighted by atomic mass is 9.93. The van der Waals surface area contributed by atoms with Crippen molar-refractivity contribution in [1.82, 2.24) is 13.7 Å². The van der Waals surface area contributed by atoms with Gasteiger partial charge in [-0.15, -0.1) is 0 Å². The minimum atomic E-state index is -0.888. The number of imidazole rings is 1. The van der Waals surface area contributed by atoms with E-state index in [0.717, 1.165) is 16.6 Å². The Morgan fingerprint density at radius 3 is 2.41 bits per heavy atom. The lowest BCUT2D eigenvalue weighted by Gasteiger charge is -2.25. The van der Waals surface area contributed by atoms with Gasteiger partial charge in [-0.05, 0) is 48.4 Å². The Morgan fingerprint density at radius 2 is 1.71 bits per heavy atom. The zero-order valence-electron chi connectivity index (χ0n) is 22.5. The second kappa shape index (κ2) is 10.3. The molecule has 1 aliphatic heterocycles. The van der Waals surface area contributed by atoms with E-state index in [1.54, 1.807) is 48.4 Å². The number of hydrogen-bond donors (Lipinski definition) is 0. The summed E-state index contributed by atoms with van der Waals surface area (Å²) in [5, 5.41) is 0. The average molecular weight is 569 g/mol. The largest absolute Gasteiger partial charge is 0.463 e. The minimum Gasteiger partial charge on any atom is -0.463 e. The maximum atomic E-state index is 14.0. The highest BCUT2D eigenvalue weighted by Crippen LogP contribution is 2.35. The lowest BCUT2D eigenvalue weighted by molar-refractivity contribution is -0.138. The standard InChI is InChI=1S/C31H25FN4O4S/c1-4-40-29(38)25-26(19-8-6-5-7-9-19)33-30-36(27(25)20-11-13-21(32)14-12-20)28(37)24(41-30)17-18-10-15-22-23(16-18)35(3)31(39)34(22)2/h5-17,27H,4H2,1-3H3/b24-17+/t27-/m1/s1.